The van der Waals surface area contributed by atoms with Crippen molar-refractivity contribution in [3.05, 3.63) is 18.3 Å². The summed E-state index contributed by atoms with van der Waals surface area (Å²) in [6, 6.07) is 3.03. The maximum absolute atomic E-state index is 12.4. The van der Waals surface area contributed by atoms with E-state index in [0.717, 1.165) is 6.42 Å². The first kappa shape index (κ1) is 13.3. The Hall–Kier alpha value is -1.14. The average Bonchev–Trinajstić information content (AvgIpc) is 2.28. The minimum Gasteiger partial charge on any atom is -0.384 e. The Labute approximate surface area is 108 Å². The fourth-order valence-electron chi connectivity index (χ4n) is 2.50. The molecule has 1 fully saturated rings. The third-order valence-electron chi connectivity index (χ3n) is 3.23. The van der Waals surface area contributed by atoms with Gasteiger partial charge in [0, 0.05) is 19.3 Å². The molecule has 0 radical (unpaired) electrons. The predicted octanol–water partition coefficient (Wildman–Crippen LogP) is 1.33. The highest BCUT2D eigenvalue weighted by molar-refractivity contribution is 7.89. The second-order valence-corrected chi connectivity index (χ2v) is 7.12. The zero-order valence-electron chi connectivity index (χ0n) is 10.7. The molecule has 0 amide bonds. The van der Waals surface area contributed by atoms with Crippen LogP contribution in [0.5, 0.6) is 0 Å². The molecule has 5 nitrogen and oxygen atoms in total. The second kappa shape index (κ2) is 4.85. The Morgan fingerprint density at radius 2 is 1.89 bits per heavy atom. The lowest BCUT2D eigenvalue weighted by Gasteiger charge is -2.33. The maximum Gasteiger partial charge on any atom is 0.244 e. The third-order valence-corrected chi connectivity index (χ3v) is 5.05. The van der Waals surface area contributed by atoms with Crippen molar-refractivity contribution < 1.29 is 8.42 Å². The van der Waals surface area contributed by atoms with Crippen LogP contribution in [0.3, 0.4) is 0 Å². The first-order valence-corrected chi connectivity index (χ1v) is 7.55. The van der Waals surface area contributed by atoms with Gasteiger partial charge in [0.05, 0.1) is 0 Å². The van der Waals surface area contributed by atoms with E-state index >= 15 is 0 Å². The Kier molecular flexibility index (Phi) is 3.59. The number of sulfonamides is 1. The highest BCUT2D eigenvalue weighted by atomic mass is 32.2. The number of aromatic nitrogens is 1. The molecule has 100 valence electrons. The number of piperidine rings is 1. The van der Waals surface area contributed by atoms with Gasteiger partial charge in [-0.2, -0.15) is 4.31 Å². The molecular formula is C12H19N3O2S. The van der Waals surface area contributed by atoms with Crippen molar-refractivity contribution in [2.24, 2.45) is 11.8 Å². The monoisotopic (exact) mass is 269 g/mol. The molecule has 2 unspecified atom stereocenters. The van der Waals surface area contributed by atoms with Crippen LogP contribution in [0.15, 0.2) is 23.2 Å². The van der Waals surface area contributed by atoms with Gasteiger partial charge in [-0.25, -0.2) is 13.4 Å². The van der Waals surface area contributed by atoms with E-state index in [1.165, 1.54) is 18.3 Å². The second-order valence-electron chi connectivity index (χ2n) is 5.19. The van der Waals surface area contributed by atoms with Crippen LogP contribution in [0.4, 0.5) is 5.82 Å². The average molecular weight is 269 g/mol. The molecule has 18 heavy (non-hydrogen) atoms. The van der Waals surface area contributed by atoms with E-state index in [-0.39, 0.29) is 4.90 Å². The van der Waals surface area contributed by atoms with Gasteiger partial charge in [-0.3, -0.25) is 0 Å². The van der Waals surface area contributed by atoms with Crippen LogP contribution in [-0.4, -0.2) is 30.8 Å². The van der Waals surface area contributed by atoms with Crippen LogP contribution >= 0.6 is 0 Å². The number of rotatable bonds is 2. The normalized spacial score (nSPS) is 26.1. The van der Waals surface area contributed by atoms with E-state index in [2.05, 4.69) is 18.8 Å². The first-order valence-electron chi connectivity index (χ1n) is 6.11. The highest BCUT2D eigenvalue weighted by Crippen LogP contribution is 2.26. The summed E-state index contributed by atoms with van der Waals surface area (Å²) in [6.45, 7) is 5.33. The predicted molar refractivity (Wildman–Crippen MR) is 70.4 cm³/mol. The molecule has 2 N–H and O–H groups in total. The van der Waals surface area contributed by atoms with Gasteiger partial charge in [0.15, 0.2) is 0 Å². The van der Waals surface area contributed by atoms with Crippen molar-refractivity contribution in [3.8, 4) is 0 Å². The molecular weight excluding hydrogens is 250 g/mol. The summed E-state index contributed by atoms with van der Waals surface area (Å²) in [5.74, 6) is 1.12. The van der Waals surface area contributed by atoms with E-state index < -0.39 is 10.0 Å². The molecule has 2 atom stereocenters. The molecule has 0 aromatic carbocycles. The third kappa shape index (κ3) is 2.64. The van der Waals surface area contributed by atoms with Crippen molar-refractivity contribution in [1.82, 2.24) is 9.29 Å². The van der Waals surface area contributed by atoms with Crippen LogP contribution < -0.4 is 5.73 Å². The Bertz CT molecular complexity index is 503. The number of hydrogen-bond acceptors (Lipinski definition) is 4. The molecule has 2 heterocycles. The number of pyridine rings is 1. The van der Waals surface area contributed by atoms with Gasteiger partial charge in [0.1, 0.15) is 10.7 Å². The Morgan fingerprint density at radius 3 is 2.39 bits per heavy atom. The van der Waals surface area contributed by atoms with Gasteiger partial charge in [-0.1, -0.05) is 13.8 Å². The molecule has 0 spiro atoms. The molecule has 1 aromatic rings. The standard InChI is InChI=1S/C12H19N3O2S/c1-9-5-10(2)8-15(7-9)18(16,17)11-3-4-12(13)14-6-11/h3-4,6,9-10H,5,7-8H2,1-2H3,(H2,13,14). The van der Waals surface area contributed by atoms with Crippen molar-refractivity contribution >= 4 is 15.8 Å². The summed E-state index contributed by atoms with van der Waals surface area (Å²) in [5, 5.41) is 0. The van der Waals surface area contributed by atoms with Crippen LogP contribution in [-0.2, 0) is 10.0 Å². The molecule has 1 saturated heterocycles. The fourth-order valence-corrected chi connectivity index (χ4v) is 4.12. The Morgan fingerprint density at radius 1 is 1.28 bits per heavy atom. The van der Waals surface area contributed by atoms with Crippen LogP contribution in [0.25, 0.3) is 0 Å². The summed E-state index contributed by atoms with van der Waals surface area (Å²) >= 11 is 0. The van der Waals surface area contributed by atoms with E-state index in [0.29, 0.717) is 30.7 Å². The SMILES string of the molecule is CC1CC(C)CN(S(=O)(=O)c2ccc(N)nc2)C1. The largest absolute Gasteiger partial charge is 0.384 e. The van der Waals surface area contributed by atoms with Crippen molar-refractivity contribution in [3.63, 3.8) is 0 Å². The smallest absolute Gasteiger partial charge is 0.244 e. The summed E-state index contributed by atoms with van der Waals surface area (Å²) in [4.78, 5) is 4.07. The van der Waals surface area contributed by atoms with Gasteiger partial charge >= 0.3 is 0 Å². The van der Waals surface area contributed by atoms with Crippen molar-refractivity contribution in [1.29, 1.82) is 0 Å². The summed E-state index contributed by atoms with van der Waals surface area (Å²) < 4.78 is 26.4. The van der Waals surface area contributed by atoms with Gasteiger partial charge in [0.2, 0.25) is 10.0 Å². The van der Waals surface area contributed by atoms with E-state index in [1.807, 2.05) is 0 Å². The van der Waals surface area contributed by atoms with E-state index in [1.54, 1.807) is 4.31 Å². The maximum atomic E-state index is 12.4. The molecule has 1 aliphatic rings. The van der Waals surface area contributed by atoms with E-state index in [4.69, 9.17) is 5.73 Å². The fraction of sp³-hybridized carbons (Fsp3) is 0.583. The lowest BCUT2D eigenvalue weighted by Crippen LogP contribution is -2.42. The topological polar surface area (TPSA) is 76.3 Å². The van der Waals surface area contributed by atoms with Crippen LogP contribution in [0, 0.1) is 11.8 Å². The molecule has 1 aromatic heterocycles. The Balaban J connectivity index is 2.28. The van der Waals surface area contributed by atoms with Gasteiger partial charge in [-0.15, -0.1) is 0 Å². The lowest BCUT2D eigenvalue weighted by atomic mass is 9.94. The molecule has 6 heteroatoms. The first-order chi connectivity index (χ1) is 8.39. The van der Waals surface area contributed by atoms with E-state index in [9.17, 15) is 8.42 Å². The highest BCUT2D eigenvalue weighted by Gasteiger charge is 2.31. The quantitative estimate of drug-likeness (QED) is 0.878. The molecule has 2 rings (SSSR count). The number of anilines is 1. The zero-order chi connectivity index (χ0) is 13.3. The van der Waals surface area contributed by atoms with Gasteiger partial charge in [0.25, 0.3) is 0 Å². The van der Waals surface area contributed by atoms with Crippen LogP contribution in [0.1, 0.15) is 20.3 Å². The zero-order valence-corrected chi connectivity index (χ0v) is 11.5. The summed E-state index contributed by atoms with van der Waals surface area (Å²) in [5.41, 5.74) is 5.47. The molecule has 1 aliphatic heterocycles. The van der Waals surface area contributed by atoms with Crippen molar-refractivity contribution in [2.45, 2.75) is 25.2 Å². The van der Waals surface area contributed by atoms with Gasteiger partial charge in [-0.05, 0) is 30.4 Å². The van der Waals surface area contributed by atoms with Crippen molar-refractivity contribution in [2.75, 3.05) is 18.8 Å². The minimum atomic E-state index is -3.43. The molecule has 0 aliphatic carbocycles. The summed E-state index contributed by atoms with van der Waals surface area (Å²) in [7, 11) is -3.43. The van der Waals surface area contributed by atoms with Gasteiger partial charge < -0.3 is 5.73 Å². The number of hydrogen-bond donors (Lipinski definition) is 1. The number of nitrogens with zero attached hydrogens (tertiary/aromatic N) is 2. The number of nitrogen functional groups attached to an aromatic ring is 1. The molecule has 0 bridgehead atoms. The van der Waals surface area contributed by atoms with Crippen LogP contribution in [0.2, 0.25) is 0 Å². The molecule has 0 saturated carbocycles. The lowest BCUT2D eigenvalue weighted by molar-refractivity contribution is 0.222. The minimum absolute atomic E-state index is 0.220. The summed E-state index contributed by atoms with van der Waals surface area (Å²) in [6.07, 6.45) is 2.40. The number of nitrogens with two attached hydrogens (primary N) is 1.